The highest BCUT2D eigenvalue weighted by atomic mass is 32.1. The van der Waals surface area contributed by atoms with Crippen molar-refractivity contribution in [3.8, 4) is 5.75 Å². The molecule has 1 aliphatic rings. The van der Waals surface area contributed by atoms with E-state index in [4.69, 9.17) is 17.0 Å². The molecule has 2 aromatic carbocycles. The summed E-state index contributed by atoms with van der Waals surface area (Å²) in [6.45, 7) is 3.95. The van der Waals surface area contributed by atoms with Crippen molar-refractivity contribution in [1.29, 1.82) is 0 Å². The highest BCUT2D eigenvalue weighted by Gasteiger charge is 2.34. The zero-order valence-corrected chi connectivity index (χ0v) is 14.2. The molecule has 0 bridgehead atoms. The van der Waals surface area contributed by atoms with Gasteiger partial charge in [-0.2, -0.15) is 0 Å². The lowest BCUT2D eigenvalue weighted by Gasteiger charge is -2.38. The molecule has 2 aromatic rings. The van der Waals surface area contributed by atoms with Gasteiger partial charge in [-0.3, -0.25) is 0 Å². The third kappa shape index (κ3) is 3.82. The maximum atomic E-state index is 13.6. The molecular weight excluding hydrogens is 330 g/mol. The molecule has 0 unspecified atom stereocenters. The van der Waals surface area contributed by atoms with Gasteiger partial charge in [0, 0.05) is 17.7 Å². The smallest absolute Gasteiger partial charge is 0.171 e. The highest BCUT2D eigenvalue weighted by Crippen LogP contribution is 2.39. The Hall–Kier alpha value is -2.21. The van der Waals surface area contributed by atoms with Crippen LogP contribution in [0.2, 0.25) is 0 Å². The summed E-state index contributed by atoms with van der Waals surface area (Å²) in [5, 5.41) is 6.60. The number of nitrogens with one attached hydrogen (secondary N) is 2. The first-order valence-electron chi connectivity index (χ1n) is 7.64. The first-order chi connectivity index (χ1) is 11.3. The van der Waals surface area contributed by atoms with E-state index in [-0.39, 0.29) is 17.7 Å². The average Bonchev–Trinajstić information content (AvgIpc) is 2.49. The molecule has 6 heteroatoms. The number of rotatable bonds is 2. The quantitative estimate of drug-likeness (QED) is 0.780. The van der Waals surface area contributed by atoms with E-state index in [1.165, 1.54) is 24.3 Å². The number of anilines is 1. The fraction of sp³-hybridized carbons (Fsp3) is 0.278. The predicted octanol–water partition coefficient (Wildman–Crippen LogP) is 4.55. The van der Waals surface area contributed by atoms with E-state index < -0.39 is 5.60 Å². The van der Waals surface area contributed by atoms with Crippen LogP contribution in [0.25, 0.3) is 0 Å². The Balaban J connectivity index is 1.77. The van der Waals surface area contributed by atoms with Crippen LogP contribution in [0, 0.1) is 11.6 Å². The van der Waals surface area contributed by atoms with E-state index in [9.17, 15) is 8.78 Å². The number of halogens is 2. The van der Waals surface area contributed by atoms with Crippen molar-refractivity contribution in [2.24, 2.45) is 0 Å². The van der Waals surface area contributed by atoms with Crippen molar-refractivity contribution < 1.29 is 13.5 Å². The summed E-state index contributed by atoms with van der Waals surface area (Å²) in [5.74, 6) is 0.0195. The molecule has 3 nitrogen and oxygen atoms in total. The summed E-state index contributed by atoms with van der Waals surface area (Å²) in [6, 6.07) is 10.2. The Kier molecular flexibility index (Phi) is 4.41. The summed E-state index contributed by atoms with van der Waals surface area (Å²) in [4.78, 5) is 0. The van der Waals surface area contributed by atoms with Gasteiger partial charge in [-0.05, 0) is 68.5 Å². The van der Waals surface area contributed by atoms with Gasteiger partial charge in [-0.1, -0.05) is 0 Å². The lowest BCUT2D eigenvalue weighted by atomic mass is 9.90. The van der Waals surface area contributed by atoms with Crippen molar-refractivity contribution in [3.05, 3.63) is 59.7 Å². The van der Waals surface area contributed by atoms with Crippen molar-refractivity contribution in [3.63, 3.8) is 0 Å². The maximum absolute atomic E-state index is 13.6. The summed E-state index contributed by atoms with van der Waals surface area (Å²) < 4.78 is 32.5. The van der Waals surface area contributed by atoms with E-state index >= 15 is 0 Å². The molecule has 24 heavy (non-hydrogen) atoms. The minimum atomic E-state index is -0.395. The molecule has 0 saturated heterocycles. The molecule has 0 aromatic heterocycles. The third-order valence-electron chi connectivity index (χ3n) is 3.84. The number of ether oxygens (including phenoxy) is 1. The van der Waals surface area contributed by atoms with Gasteiger partial charge in [0.15, 0.2) is 5.11 Å². The number of hydrogen-bond donors (Lipinski definition) is 2. The second-order valence-corrected chi connectivity index (χ2v) is 6.81. The van der Waals surface area contributed by atoms with Gasteiger partial charge in [0.25, 0.3) is 0 Å². The van der Waals surface area contributed by atoms with Crippen LogP contribution >= 0.6 is 12.2 Å². The Bertz CT molecular complexity index is 762. The van der Waals surface area contributed by atoms with Crippen LogP contribution in [0.15, 0.2) is 42.5 Å². The number of benzene rings is 2. The fourth-order valence-corrected chi connectivity index (χ4v) is 3.07. The Morgan fingerprint density at radius 2 is 1.79 bits per heavy atom. The van der Waals surface area contributed by atoms with Crippen molar-refractivity contribution in [2.45, 2.75) is 31.9 Å². The van der Waals surface area contributed by atoms with Crippen molar-refractivity contribution in [1.82, 2.24) is 5.32 Å². The molecular formula is C18H18F2N2OS. The summed E-state index contributed by atoms with van der Waals surface area (Å²) in [7, 11) is 0. The Morgan fingerprint density at radius 1 is 1.12 bits per heavy atom. The Labute approximate surface area is 145 Å². The van der Waals surface area contributed by atoms with Crippen LogP contribution in [0.5, 0.6) is 5.75 Å². The van der Waals surface area contributed by atoms with E-state index in [2.05, 4.69) is 10.6 Å². The van der Waals surface area contributed by atoms with Gasteiger partial charge in [0.1, 0.15) is 23.0 Å². The predicted molar refractivity (Wildman–Crippen MR) is 94.2 cm³/mol. The highest BCUT2D eigenvalue weighted by molar-refractivity contribution is 7.80. The van der Waals surface area contributed by atoms with Gasteiger partial charge in [0.05, 0.1) is 6.04 Å². The van der Waals surface area contributed by atoms with Crippen LogP contribution in [0.1, 0.15) is 31.9 Å². The van der Waals surface area contributed by atoms with Crippen molar-refractivity contribution >= 4 is 23.0 Å². The molecule has 0 radical (unpaired) electrons. The Morgan fingerprint density at radius 3 is 2.50 bits per heavy atom. The van der Waals surface area contributed by atoms with E-state index in [0.29, 0.717) is 23.0 Å². The molecule has 2 N–H and O–H groups in total. The van der Waals surface area contributed by atoms with Crippen LogP contribution in [0.4, 0.5) is 14.5 Å². The monoisotopic (exact) mass is 348 g/mol. The minimum Gasteiger partial charge on any atom is -0.487 e. The molecule has 0 aliphatic carbocycles. The van der Waals surface area contributed by atoms with E-state index in [0.717, 1.165) is 5.56 Å². The first kappa shape index (κ1) is 16.6. The largest absolute Gasteiger partial charge is 0.487 e. The lowest BCUT2D eigenvalue weighted by molar-refractivity contribution is 0.0694. The van der Waals surface area contributed by atoms with Crippen LogP contribution < -0.4 is 15.4 Å². The first-order valence-corrected chi connectivity index (χ1v) is 8.05. The molecule has 0 spiro atoms. The van der Waals surface area contributed by atoms with Gasteiger partial charge in [0.2, 0.25) is 0 Å². The summed E-state index contributed by atoms with van der Waals surface area (Å²) >= 11 is 5.34. The van der Waals surface area contributed by atoms with E-state index in [1.807, 2.05) is 13.8 Å². The van der Waals surface area contributed by atoms with Gasteiger partial charge in [-0.15, -0.1) is 0 Å². The molecule has 3 rings (SSSR count). The number of thiocarbonyl (C=S) groups is 1. The van der Waals surface area contributed by atoms with Gasteiger partial charge < -0.3 is 15.4 Å². The van der Waals surface area contributed by atoms with Gasteiger partial charge >= 0.3 is 0 Å². The van der Waals surface area contributed by atoms with Crippen molar-refractivity contribution in [2.75, 3.05) is 5.32 Å². The zero-order valence-electron chi connectivity index (χ0n) is 13.4. The lowest BCUT2D eigenvalue weighted by Crippen LogP contribution is -2.42. The minimum absolute atomic E-state index is 0.181. The van der Waals surface area contributed by atoms with Crippen LogP contribution in [0.3, 0.4) is 0 Å². The molecule has 1 heterocycles. The molecule has 126 valence electrons. The molecule has 1 atom stereocenters. The molecule has 0 saturated carbocycles. The topological polar surface area (TPSA) is 33.3 Å². The zero-order chi connectivity index (χ0) is 17.3. The standard InChI is InChI=1S/C18H18F2N2OS/c1-18(2)10-15(14-9-12(20)5-8-16(14)23-18)22-17(24)21-13-6-3-11(19)4-7-13/h3-9,15H,10H2,1-2H3,(H2,21,22,24)/t15-/m1/s1. The molecule has 0 fully saturated rings. The SMILES string of the molecule is CC1(C)C[C@@H](NC(=S)Nc2ccc(F)cc2)c2cc(F)ccc2O1. The maximum Gasteiger partial charge on any atom is 0.171 e. The molecule has 1 aliphatic heterocycles. The summed E-state index contributed by atoms with van der Waals surface area (Å²) in [5.41, 5.74) is 1.02. The summed E-state index contributed by atoms with van der Waals surface area (Å²) in [6.07, 6.45) is 0.634. The van der Waals surface area contributed by atoms with Gasteiger partial charge in [-0.25, -0.2) is 8.78 Å². The molecule has 0 amide bonds. The second kappa shape index (κ2) is 6.36. The van der Waals surface area contributed by atoms with E-state index in [1.54, 1.807) is 18.2 Å². The normalized spacial score (nSPS) is 18.2. The number of hydrogen-bond acceptors (Lipinski definition) is 2. The van der Waals surface area contributed by atoms with Crippen LogP contribution in [-0.2, 0) is 0 Å². The third-order valence-corrected chi connectivity index (χ3v) is 4.06. The average molecular weight is 348 g/mol. The number of fused-ring (bicyclic) bond motifs is 1. The second-order valence-electron chi connectivity index (χ2n) is 6.41. The fourth-order valence-electron chi connectivity index (χ4n) is 2.81. The van der Waals surface area contributed by atoms with Crippen LogP contribution in [-0.4, -0.2) is 10.7 Å².